The standard InChI is InChI=1S/C27H41FN6O2/c1-21(2)20-36-25-8-6-22(7-9-25)16-31-27(35)34(19-26-29-17-23(28)18-30-26)24-10-14-33(15-11-24)13-5-12-32(3)4/h6-9,17-18,21,24H,5,10-16,19-20H2,1-4H3,(H,31,35). The maximum Gasteiger partial charge on any atom is 0.318 e. The molecular formula is C27H41FN6O2. The molecule has 0 radical (unpaired) electrons. The Morgan fingerprint density at radius 2 is 1.83 bits per heavy atom. The third-order valence-electron chi connectivity index (χ3n) is 6.27. The van der Waals surface area contributed by atoms with Crippen molar-refractivity contribution in [2.45, 2.75) is 52.2 Å². The zero-order valence-corrected chi connectivity index (χ0v) is 22.1. The molecule has 2 aromatic rings. The van der Waals surface area contributed by atoms with Crippen molar-refractivity contribution in [1.29, 1.82) is 0 Å². The molecule has 0 unspecified atom stereocenters. The predicted molar refractivity (Wildman–Crippen MR) is 139 cm³/mol. The predicted octanol–water partition coefficient (Wildman–Crippen LogP) is 3.78. The van der Waals surface area contributed by atoms with Crippen LogP contribution >= 0.6 is 0 Å². The molecule has 9 heteroatoms. The van der Waals surface area contributed by atoms with Crippen LogP contribution < -0.4 is 10.1 Å². The number of rotatable bonds is 12. The first kappa shape index (κ1) is 27.8. The van der Waals surface area contributed by atoms with E-state index in [1.54, 1.807) is 0 Å². The lowest BCUT2D eigenvalue weighted by Gasteiger charge is -2.38. The van der Waals surface area contributed by atoms with Crippen LogP contribution in [0.2, 0.25) is 0 Å². The number of hydrogen-bond acceptors (Lipinski definition) is 6. The average molecular weight is 501 g/mol. The van der Waals surface area contributed by atoms with Gasteiger partial charge in [-0.15, -0.1) is 0 Å². The van der Waals surface area contributed by atoms with Crippen LogP contribution in [0.5, 0.6) is 5.75 Å². The van der Waals surface area contributed by atoms with Gasteiger partial charge in [-0.25, -0.2) is 19.2 Å². The first-order chi connectivity index (χ1) is 17.3. The van der Waals surface area contributed by atoms with Crippen LogP contribution in [0, 0.1) is 11.7 Å². The quantitative estimate of drug-likeness (QED) is 0.478. The number of ether oxygens (including phenoxy) is 1. The van der Waals surface area contributed by atoms with Crippen molar-refractivity contribution in [3.05, 3.63) is 53.9 Å². The second-order valence-electron chi connectivity index (χ2n) is 10.2. The summed E-state index contributed by atoms with van der Waals surface area (Å²) < 4.78 is 19.1. The third kappa shape index (κ3) is 9.35. The van der Waals surface area contributed by atoms with E-state index in [0.29, 0.717) is 24.9 Å². The molecule has 1 aromatic heterocycles. The van der Waals surface area contributed by atoms with Crippen molar-refractivity contribution in [2.75, 3.05) is 46.9 Å². The third-order valence-corrected chi connectivity index (χ3v) is 6.27. The summed E-state index contributed by atoms with van der Waals surface area (Å²) in [6.45, 7) is 9.59. The lowest BCUT2D eigenvalue weighted by atomic mass is 10.0. The summed E-state index contributed by atoms with van der Waals surface area (Å²) in [6.07, 6.45) is 5.20. The highest BCUT2D eigenvalue weighted by Gasteiger charge is 2.28. The van der Waals surface area contributed by atoms with Gasteiger partial charge in [0.1, 0.15) is 11.6 Å². The fourth-order valence-electron chi connectivity index (χ4n) is 4.25. The maximum atomic E-state index is 13.3. The number of aromatic nitrogens is 2. The number of nitrogens with zero attached hydrogens (tertiary/aromatic N) is 5. The van der Waals surface area contributed by atoms with E-state index >= 15 is 0 Å². The molecule has 3 rings (SSSR count). The van der Waals surface area contributed by atoms with E-state index in [1.807, 2.05) is 29.2 Å². The number of amides is 2. The van der Waals surface area contributed by atoms with Crippen molar-refractivity contribution in [3.8, 4) is 5.75 Å². The Kier molecular flexibility index (Phi) is 10.9. The topological polar surface area (TPSA) is 73.8 Å². The molecule has 0 bridgehead atoms. The summed E-state index contributed by atoms with van der Waals surface area (Å²) in [6, 6.07) is 7.72. The molecule has 2 heterocycles. The molecule has 0 saturated carbocycles. The van der Waals surface area contributed by atoms with Crippen LogP contribution in [0.15, 0.2) is 36.7 Å². The number of halogens is 1. The van der Waals surface area contributed by atoms with E-state index in [0.717, 1.165) is 69.1 Å². The summed E-state index contributed by atoms with van der Waals surface area (Å²) in [4.78, 5) is 28.0. The zero-order valence-electron chi connectivity index (χ0n) is 22.1. The largest absolute Gasteiger partial charge is 0.493 e. The average Bonchev–Trinajstić information content (AvgIpc) is 2.86. The van der Waals surface area contributed by atoms with E-state index in [2.05, 4.69) is 53.0 Å². The fourth-order valence-corrected chi connectivity index (χ4v) is 4.25. The van der Waals surface area contributed by atoms with Gasteiger partial charge < -0.3 is 24.8 Å². The van der Waals surface area contributed by atoms with Crippen molar-refractivity contribution in [3.63, 3.8) is 0 Å². The van der Waals surface area contributed by atoms with Crippen LogP contribution in [0.25, 0.3) is 0 Å². The molecule has 1 aliphatic rings. The zero-order chi connectivity index (χ0) is 25.9. The van der Waals surface area contributed by atoms with Gasteiger partial charge in [0.05, 0.1) is 25.5 Å². The van der Waals surface area contributed by atoms with E-state index in [-0.39, 0.29) is 18.6 Å². The van der Waals surface area contributed by atoms with Crippen molar-refractivity contribution < 1.29 is 13.9 Å². The second kappa shape index (κ2) is 14.1. The van der Waals surface area contributed by atoms with E-state index in [4.69, 9.17) is 4.74 Å². The summed E-state index contributed by atoms with van der Waals surface area (Å²) in [7, 11) is 4.19. The van der Waals surface area contributed by atoms with Gasteiger partial charge >= 0.3 is 6.03 Å². The minimum Gasteiger partial charge on any atom is -0.493 e. The molecule has 1 N–H and O–H groups in total. The fraction of sp³-hybridized carbons (Fsp3) is 0.593. The van der Waals surface area contributed by atoms with Gasteiger partial charge in [0.2, 0.25) is 0 Å². The van der Waals surface area contributed by atoms with E-state index in [1.165, 1.54) is 0 Å². The summed E-state index contributed by atoms with van der Waals surface area (Å²) in [5.74, 6) is 1.24. The summed E-state index contributed by atoms with van der Waals surface area (Å²) in [5, 5.41) is 3.05. The molecule has 36 heavy (non-hydrogen) atoms. The van der Waals surface area contributed by atoms with E-state index in [9.17, 15) is 9.18 Å². The van der Waals surface area contributed by atoms with Crippen LogP contribution in [0.4, 0.5) is 9.18 Å². The molecule has 8 nitrogen and oxygen atoms in total. The van der Waals surface area contributed by atoms with Gasteiger partial charge in [-0.3, -0.25) is 0 Å². The van der Waals surface area contributed by atoms with Crippen molar-refractivity contribution >= 4 is 6.03 Å². The Hall–Kier alpha value is -2.78. The molecule has 1 aromatic carbocycles. The van der Waals surface area contributed by atoms with Gasteiger partial charge in [0.25, 0.3) is 0 Å². The first-order valence-electron chi connectivity index (χ1n) is 12.9. The Bertz CT molecular complexity index is 915. The van der Waals surface area contributed by atoms with Crippen molar-refractivity contribution in [2.24, 2.45) is 5.92 Å². The molecule has 0 atom stereocenters. The Balaban J connectivity index is 1.58. The highest BCUT2D eigenvalue weighted by Crippen LogP contribution is 2.19. The molecule has 198 valence electrons. The number of carbonyl (C=O) groups excluding carboxylic acids is 1. The highest BCUT2D eigenvalue weighted by atomic mass is 19.1. The normalized spacial score (nSPS) is 14.9. The monoisotopic (exact) mass is 500 g/mol. The van der Waals surface area contributed by atoms with E-state index < -0.39 is 5.82 Å². The lowest BCUT2D eigenvalue weighted by Crippen LogP contribution is -2.50. The van der Waals surface area contributed by atoms with Crippen molar-refractivity contribution in [1.82, 2.24) is 30.0 Å². The Morgan fingerprint density at radius 3 is 2.44 bits per heavy atom. The smallest absolute Gasteiger partial charge is 0.318 e. The number of piperidine rings is 1. The van der Waals surface area contributed by atoms with Gasteiger partial charge in [-0.1, -0.05) is 26.0 Å². The molecule has 1 aliphatic heterocycles. The summed E-state index contributed by atoms with van der Waals surface area (Å²) >= 11 is 0. The summed E-state index contributed by atoms with van der Waals surface area (Å²) in [5.41, 5.74) is 0.994. The number of hydrogen-bond donors (Lipinski definition) is 1. The molecule has 1 fully saturated rings. The molecule has 2 amide bonds. The Morgan fingerprint density at radius 1 is 1.17 bits per heavy atom. The van der Waals surface area contributed by atoms with Crippen LogP contribution in [0.3, 0.4) is 0 Å². The number of carbonyl (C=O) groups is 1. The molecule has 1 saturated heterocycles. The minimum absolute atomic E-state index is 0.0792. The Labute approximate surface area is 214 Å². The lowest BCUT2D eigenvalue weighted by molar-refractivity contribution is 0.113. The van der Waals surface area contributed by atoms with Gasteiger partial charge in [0, 0.05) is 25.7 Å². The number of nitrogens with one attached hydrogen (secondary N) is 1. The van der Waals surface area contributed by atoms with Crippen LogP contribution in [-0.2, 0) is 13.1 Å². The highest BCUT2D eigenvalue weighted by molar-refractivity contribution is 5.74. The second-order valence-corrected chi connectivity index (χ2v) is 10.2. The number of benzene rings is 1. The van der Waals surface area contributed by atoms with Crippen LogP contribution in [-0.4, -0.2) is 83.6 Å². The first-order valence-corrected chi connectivity index (χ1v) is 12.9. The minimum atomic E-state index is -0.485. The number of likely N-dealkylation sites (tertiary alicyclic amines) is 1. The molecule has 0 spiro atoms. The van der Waals surface area contributed by atoms with Crippen LogP contribution in [0.1, 0.15) is 44.5 Å². The molecular weight excluding hydrogens is 459 g/mol. The van der Waals surface area contributed by atoms with Gasteiger partial charge in [0.15, 0.2) is 5.82 Å². The number of urea groups is 1. The van der Waals surface area contributed by atoms with Gasteiger partial charge in [-0.2, -0.15) is 0 Å². The SMILES string of the molecule is CC(C)COc1ccc(CNC(=O)N(Cc2ncc(F)cn2)C2CCN(CCCN(C)C)CC2)cc1. The molecule has 0 aliphatic carbocycles. The maximum absolute atomic E-state index is 13.3. The van der Waals surface area contributed by atoms with Gasteiger partial charge in [-0.05, 0) is 70.1 Å².